The SMILES string of the molecule is Cc1ccc(C(O)CN2CCCC(c3nnc4ccccn34)C2)cc1. The molecule has 0 saturated carbocycles. The summed E-state index contributed by atoms with van der Waals surface area (Å²) in [6.07, 6.45) is 3.82. The van der Waals surface area contributed by atoms with Crippen LogP contribution in [0.3, 0.4) is 0 Å². The van der Waals surface area contributed by atoms with Crippen molar-refractivity contribution >= 4 is 5.65 Å². The first-order valence-electron chi connectivity index (χ1n) is 8.97. The number of fused-ring (bicyclic) bond motifs is 1. The Labute approximate surface area is 147 Å². The highest BCUT2D eigenvalue weighted by atomic mass is 16.3. The van der Waals surface area contributed by atoms with E-state index in [4.69, 9.17) is 0 Å². The molecule has 3 aromatic rings. The van der Waals surface area contributed by atoms with Gasteiger partial charge in [-0.05, 0) is 44.0 Å². The predicted octanol–water partition coefficient (Wildman–Crippen LogP) is 2.95. The zero-order chi connectivity index (χ0) is 17.2. The molecule has 2 unspecified atom stereocenters. The quantitative estimate of drug-likeness (QED) is 0.796. The largest absolute Gasteiger partial charge is 0.387 e. The van der Waals surface area contributed by atoms with Crippen molar-refractivity contribution < 1.29 is 5.11 Å². The molecule has 2 aromatic heterocycles. The number of rotatable bonds is 4. The molecule has 1 aliphatic heterocycles. The third-order valence-corrected chi connectivity index (χ3v) is 5.10. The van der Waals surface area contributed by atoms with Gasteiger partial charge >= 0.3 is 0 Å². The zero-order valence-corrected chi connectivity index (χ0v) is 14.5. The molecule has 0 radical (unpaired) electrons. The summed E-state index contributed by atoms with van der Waals surface area (Å²) in [5.74, 6) is 1.39. The Kier molecular flexibility index (Phi) is 4.51. The molecule has 5 nitrogen and oxygen atoms in total. The molecule has 0 spiro atoms. The van der Waals surface area contributed by atoms with Crippen molar-refractivity contribution in [3.63, 3.8) is 0 Å². The summed E-state index contributed by atoms with van der Waals surface area (Å²) < 4.78 is 2.09. The number of aryl methyl sites for hydroxylation is 1. The number of aliphatic hydroxyl groups excluding tert-OH is 1. The number of hydrogen-bond donors (Lipinski definition) is 1. The molecule has 2 atom stereocenters. The van der Waals surface area contributed by atoms with Crippen molar-refractivity contribution in [3.05, 3.63) is 65.6 Å². The number of aliphatic hydroxyl groups is 1. The Morgan fingerprint density at radius 1 is 1.16 bits per heavy atom. The smallest absolute Gasteiger partial charge is 0.160 e. The molecule has 0 amide bonds. The van der Waals surface area contributed by atoms with Crippen LogP contribution in [0.25, 0.3) is 5.65 Å². The molecule has 4 rings (SSSR count). The van der Waals surface area contributed by atoms with Crippen molar-refractivity contribution in [3.8, 4) is 0 Å². The normalized spacial score (nSPS) is 20.0. The second-order valence-corrected chi connectivity index (χ2v) is 7.01. The first-order chi connectivity index (χ1) is 12.2. The van der Waals surface area contributed by atoms with Gasteiger partial charge in [0.05, 0.1) is 6.10 Å². The molecule has 1 fully saturated rings. The average molecular weight is 336 g/mol. The first-order valence-corrected chi connectivity index (χ1v) is 8.97. The molecule has 1 aromatic carbocycles. The molecule has 1 saturated heterocycles. The van der Waals surface area contributed by atoms with E-state index in [0.717, 1.165) is 43.0 Å². The van der Waals surface area contributed by atoms with Crippen molar-refractivity contribution in [2.24, 2.45) is 0 Å². The Morgan fingerprint density at radius 2 is 2.00 bits per heavy atom. The van der Waals surface area contributed by atoms with E-state index in [2.05, 4.69) is 38.6 Å². The lowest BCUT2D eigenvalue weighted by Crippen LogP contribution is -2.37. The zero-order valence-electron chi connectivity index (χ0n) is 14.5. The fraction of sp³-hybridized carbons (Fsp3) is 0.400. The van der Waals surface area contributed by atoms with Crippen molar-refractivity contribution in [1.29, 1.82) is 0 Å². The summed E-state index contributed by atoms with van der Waals surface area (Å²) in [5.41, 5.74) is 3.10. The van der Waals surface area contributed by atoms with E-state index in [-0.39, 0.29) is 0 Å². The monoisotopic (exact) mass is 336 g/mol. The van der Waals surface area contributed by atoms with E-state index < -0.39 is 6.10 Å². The standard InChI is InChI=1S/C20H24N4O/c1-15-7-9-16(10-8-15)18(25)14-23-11-4-5-17(13-23)20-22-21-19-6-2-3-12-24(19)20/h2-3,6-10,12,17-18,25H,4-5,11,13-14H2,1H3. The third kappa shape index (κ3) is 3.43. The van der Waals surface area contributed by atoms with E-state index >= 15 is 0 Å². The molecule has 1 aliphatic rings. The van der Waals surface area contributed by atoms with Crippen LogP contribution in [0.1, 0.15) is 41.8 Å². The Balaban J connectivity index is 1.46. The summed E-state index contributed by atoms with van der Waals surface area (Å²) in [5, 5.41) is 19.3. The van der Waals surface area contributed by atoms with Gasteiger partial charge in [-0.1, -0.05) is 35.9 Å². The number of β-amino-alcohol motifs (C(OH)–C–C–N with tert-alkyl or cyclic N) is 1. The minimum Gasteiger partial charge on any atom is -0.387 e. The fourth-order valence-corrected chi connectivity index (χ4v) is 3.71. The highest BCUT2D eigenvalue weighted by Crippen LogP contribution is 2.27. The van der Waals surface area contributed by atoms with Crippen LogP contribution in [0, 0.1) is 6.92 Å². The van der Waals surface area contributed by atoms with Crippen molar-refractivity contribution in [1.82, 2.24) is 19.5 Å². The van der Waals surface area contributed by atoms with Crippen LogP contribution in [-0.2, 0) is 0 Å². The van der Waals surface area contributed by atoms with E-state index in [0.29, 0.717) is 12.5 Å². The lowest BCUT2D eigenvalue weighted by molar-refractivity contribution is 0.0944. The summed E-state index contributed by atoms with van der Waals surface area (Å²) in [7, 11) is 0. The van der Waals surface area contributed by atoms with E-state index in [1.54, 1.807) is 0 Å². The van der Waals surface area contributed by atoms with Gasteiger partial charge in [-0.25, -0.2) is 0 Å². The van der Waals surface area contributed by atoms with E-state index in [1.807, 2.05) is 36.5 Å². The van der Waals surface area contributed by atoms with Gasteiger partial charge in [-0.2, -0.15) is 0 Å². The van der Waals surface area contributed by atoms with Crippen LogP contribution in [0.5, 0.6) is 0 Å². The third-order valence-electron chi connectivity index (χ3n) is 5.10. The molecule has 1 N–H and O–H groups in total. The molecule has 0 bridgehead atoms. The number of aromatic nitrogens is 3. The number of nitrogens with zero attached hydrogens (tertiary/aromatic N) is 4. The Morgan fingerprint density at radius 3 is 2.84 bits per heavy atom. The number of hydrogen-bond acceptors (Lipinski definition) is 4. The first kappa shape index (κ1) is 16.2. The second-order valence-electron chi connectivity index (χ2n) is 7.01. The van der Waals surface area contributed by atoms with Gasteiger partial charge in [-0.3, -0.25) is 9.30 Å². The lowest BCUT2D eigenvalue weighted by atomic mass is 9.96. The molecular weight excluding hydrogens is 312 g/mol. The van der Waals surface area contributed by atoms with Gasteiger partial charge in [0.1, 0.15) is 5.82 Å². The number of piperidine rings is 1. The molecular formula is C20H24N4O. The van der Waals surface area contributed by atoms with Crippen LogP contribution in [0.4, 0.5) is 0 Å². The molecule has 130 valence electrons. The molecule has 3 heterocycles. The van der Waals surface area contributed by atoms with E-state index in [1.165, 1.54) is 5.56 Å². The predicted molar refractivity (Wildman–Crippen MR) is 97.5 cm³/mol. The molecule has 0 aliphatic carbocycles. The molecule has 25 heavy (non-hydrogen) atoms. The highest BCUT2D eigenvalue weighted by Gasteiger charge is 2.26. The number of likely N-dealkylation sites (tertiary alicyclic amines) is 1. The fourth-order valence-electron chi connectivity index (χ4n) is 3.71. The van der Waals surface area contributed by atoms with Crippen LogP contribution in [0.15, 0.2) is 48.7 Å². The van der Waals surface area contributed by atoms with Gasteiger partial charge < -0.3 is 5.11 Å². The van der Waals surface area contributed by atoms with Gasteiger partial charge in [0.25, 0.3) is 0 Å². The maximum atomic E-state index is 10.6. The summed E-state index contributed by atoms with van der Waals surface area (Å²) in [6.45, 7) is 4.67. The summed E-state index contributed by atoms with van der Waals surface area (Å²) >= 11 is 0. The van der Waals surface area contributed by atoms with Gasteiger partial charge in [0, 0.05) is 25.2 Å². The van der Waals surface area contributed by atoms with Crippen LogP contribution in [0.2, 0.25) is 0 Å². The average Bonchev–Trinajstić information content (AvgIpc) is 3.06. The Bertz CT molecular complexity index is 842. The summed E-state index contributed by atoms with van der Waals surface area (Å²) in [4.78, 5) is 2.35. The maximum absolute atomic E-state index is 10.6. The van der Waals surface area contributed by atoms with E-state index in [9.17, 15) is 5.11 Å². The van der Waals surface area contributed by atoms with Gasteiger partial charge in [0.15, 0.2) is 5.65 Å². The van der Waals surface area contributed by atoms with Crippen molar-refractivity contribution in [2.45, 2.75) is 31.8 Å². The Hall–Kier alpha value is -2.24. The highest BCUT2D eigenvalue weighted by molar-refractivity contribution is 5.37. The van der Waals surface area contributed by atoms with Gasteiger partial charge in [0.2, 0.25) is 0 Å². The number of pyridine rings is 1. The van der Waals surface area contributed by atoms with Crippen LogP contribution in [-0.4, -0.2) is 44.2 Å². The topological polar surface area (TPSA) is 53.7 Å². The van der Waals surface area contributed by atoms with Crippen molar-refractivity contribution in [2.75, 3.05) is 19.6 Å². The maximum Gasteiger partial charge on any atom is 0.160 e. The van der Waals surface area contributed by atoms with Gasteiger partial charge in [-0.15, -0.1) is 10.2 Å². The van der Waals surface area contributed by atoms with Crippen LogP contribution < -0.4 is 0 Å². The number of benzene rings is 1. The minimum absolute atomic E-state index is 0.358. The summed E-state index contributed by atoms with van der Waals surface area (Å²) in [6, 6.07) is 14.1. The minimum atomic E-state index is -0.450. The molecule has 5 heteroatoms. The second kappa shape index (κ2) is 6.94. The lowest BCUT2D eigenvalue weighted by Gasteiger charge is -2.33. The van der Waals surface area contributed by atoms with Crippen LogP contribution >= 0.6 is 0 Å².